The lowest BCUT2D eigenvalue weighted by Crippen LogP contribution is -2.36. The Bertz CT molecular complexity index is 1070. The van der Waals surface area contributed by atoms with Crippen molar-refractivity contribution in [3.63, 3.8) is 0 Å². The smallest absolute Gasteiger partial charge is 0.303 e. The predicted octanol–water partition coefficient (Wildman–Crippen LogP) is 5.82. The van der Waals surface area contributed by atoms with Crippen molar-refractivity contribution in [3.05, 3.63) is 84.2 Å². The van der Waals surface area contributed by atoms with Crippen LogP contribution in [0, 0.1) is 0 Å². The molecule has 1 N–H and O–H groups in total. The predicted molar refractivity (Wildman–Crippen MR) is 133 cm³/mol. The summed E-state index contributed by atoms with van der Waals surface area (Å²) in [7, 11) is 0. The van der Waals surface area contributed by atoms with Gasteiger partial charge in [0, 0.05) is 42.5 Å². The van der Waals surface area contributed by atoms with E-state index in [-0.39, 0.29) is 18.4 Å². The van der Waals surface area contributed by atoms with Gasteiger partial charge in [0.05, 0.1) is 6.61 Å². The number of carbonyl (C=O) groups excluding carboxylic acids is 1. The number of unbranched alkanes of at least 4 members (excludes halogenated alkanes) is 2. The van der Waals surface area contributed by atoms with Crippen LogP contribution in [0.2, 0.25) is 0 Å². The minimum absolute atomic E-state index is 0.0106. The molecule has 178 valence electrons. The third-order valence-corrected chi connectivity index (χ3v) is 5.64. The van der Waals surface area contributed by atoms with E-state index in [1.54, 1.807) is 12.4 Å². The fraction of sp³-hybridized carbons (Fsp3) is 0.321. The molecule has 2 aromatic carbocycles. The lowest BCUT2D eigenvalue weighted by molar-refractivity contribution is -0.137. The number of pyridine rings is 1. The molecule has 0 radical (unpaired) electrons. The van der Waals surface area contributed by atoms with E-state index in [0.29, 0.717) is 25.1 Å². The quantitative estimate of drug-likeness (QED) is 0.344. The zero-order chi connectivity index (χ0) is 24.3. The zero-order valence-corrected chi connectivity index (χ0v) is 19.8. The van der Waals surface area contributed by atoms with Gasteiger partial charge in [0.2, 0.25) is 0 Å². The number of aromatic nitrogens is 1. The number of rotatable bonds is 12. The van der Waals surface area contributed by atoms with Crippen molar-refractivity contribution < 1.29 is 19.4 Å². The Kier molecular flexibility index (Phi) is 9.21. The summed E-state index contributed by atoms with van der Waals surface area (Å²) in [4.78, 5) is 29.9. The molecule has 1 heterocycles. The van der Waals surface area contributed by atoms with E-state index in [2.05, 4.69) is 4.98 Å². The highest BCUT2D eigenvalue weighted by Gasteiger charge is 2.20. The summed E-state index contributed by atoms with van der Waals surface area (Å²) in [6.45, 7) is 4.98. The number of carbonyl (C=O) groups is 2. The summed E-state index contributed by atoms with van der Waals surface area (Å²) in [5, 5.41) is 8.74. The SMILES string of the molecule is CC(C)N(Cc1ccccc1OCCCCCC(=O)O)C(=O)c1ccc(-c2ccncc2)cc1. The molecule has 0 aliphatic heterocycles. The molecule has 34 heavy (non-hydrogen) atoms. The Morgan fingerprint density at radius 1 is 0.912 bits per heavy atom. The Hall–Kier alpha value is -3.67. The minimum Gasteiger partial charge on any atom is -0.493 e. The Balaban J connectivity index is 1.66. The van der Waals surface area contributed by atoms with Crippen molar-refractivity contribution in [2.24, 2.45) is 0 Å². The summed E-state index contributed by atoms with van der Waals surface area (Å²) in [6.07, 6.45) is 5.94. The molecule has 0 saturated heterocycles. The third-order valence-electron chi connectivity index (χ3n) is 5.64. The first kappa shape index (κ1) is 25.0. The third kappa shape index (κ3) is 7.17. The van der Waals surface area contributed by atoms with Gasteiger partial charge in [-0.25, -0.2) is 0 Å². The molecule has 0 spiro atoms. The van der Waals surface area contributed by atoms with Crippen LogP contribution in [0.5, 0.6) is 5.75 Å². The number of carboxylic acid groups (broad SMARTS) is 1. The molecule has 0 bridgehead atoms. The molecule has 0 atom stereocenters. The van der Waals surface area contributed by atoms with E-state index in [4.69, 9.17) is 9.84 Å². The second kappa shape index (κ2) is 12.5. The normalized spacial score (nSPS) is 10.8. The van der Waals surface area contributed by atoms with Gasteiger partial charge in [-0.15, -0.1) is 0 Å². The van der Waals surface area contributed by atoms with Gasteiger partial charge in [0.25, 0.3) is 5.91 Å². The van der Waals surface area contributed by atoms with Gasteiger partial charge in [-0.05, 0) is 74.6 Å². The lowest BCUT2D eigenvalue weighted by Gasteiger charge is -2.28. The molecule has 0 aliphatic carbocycles. The summed E-state index contributed by atoms with van der Waals surface area (Å²) in [5.41, 5.74) is 3.69. The molecule has 1 amide bonds. The van der Waals surface area contributed by atoms with E-state index in [1.165, 1.54) is 0 Å². The highest BCUT2D eigenvalue weighted by Crippen LogP contribution is 2.24. The first-order valence-electron chi connectivity index (χ1n) is 11.7. The van der Waals surface area contributed by atoms with E-state index in [9.17, 15) is 9.59 Å². The first-order chi connectivity index (χ1) is 16.5. The van der Waals surface area contributed by atoms with Gasteiger partial charge in [0.15, 0.2) is 0 Å². The van der Waals surface area contributed by atoms with Crippen LogP contribution in [0.3, 0.4) is 0 Å². The van der Waals surface area contributed by atoms with E-state index in [0.717, 1.165) is 35.3 Å². The molecule has 0 aliphatic rings. The number of amides is 1. The zero-order valence-electron chi connectivity index (χ0n) is 19.8. The minimum atomic E-state index is -0.767. The number of hydrogen-bond donors (Lipinski definition) is 1. The van der Waals surface area contributed by atoms with Crippen LogP contribution in [-0.2, 0) is 11.3 Å². The lowest BCUT2D eigenvalue weighted by atomic mass is 10.0. The number of ether oxygens (including phenoxy) is 1. The van der Waals surface area contributed by atoms with Gasteiger partial charge in [0.1, 0.15) is 5.75 Å². The molecule has 6 nitrogen and oxygen atoms in total. The van der Waals surface area contributed by atoms with E-state index in [1.807, 2.05) is 79.4 Å². The van der Waals surface area contributed by atoms with Crippen LogP contribution in [0.1, 0.15) is 55.5 Å². The van der Waals surface area contributed by atoms with Crippen molar-refractivity contribution >= 4 is 11.9 Å². The van der Waals surface area contributed by atoms with Gasteiger partial charge in [-0.1, -0.05) is 30.3 Å². The summed E-state index contributed by atoms with van der Waals surface area (Å²) >= 11 is 0. The highest BCUT2D eigenvalue weighted by molar-refractivity contribution is 5.95. The Morgan fingerprint density at radius 3 is 2.26 bits per heavy atom. The van der Waals surface area contributed by atoms with Crippen LogP contribution in [0.4, 0.5) is 0 Å². The number of para-hydroxylation sites is 1. The van der Waals surface area contributed by atoms with Crippen LogP contribution < -0.4 is 4.74 Å². The van der Waals surface area contributed by atoms with E-state index < -0.39 is 5.97 Å². The number of aliphatic carboxylic acids is 1. The number of nitrogens with zero attached hydrogens (tertiary/aromatic N) is 2. The molecule has 0 unspecified atom stereocenters. The molecular formula is C28H32N2O4. The van der Waals surface area contributed by atoms with Crippen molar-refractivity contribution in [2.45, 2.75) is 52.1 Å². The largest absolute Gasteiger partial charge is 0.493 e. The maximum Gasteiger partial charge on any atom is 0.303 e. The molecule has 1 aromatic heterocycles. The number of benzene rings is 2. The monoisotopic (exact) mass is 460 g/mol. The highest BCUT2D eigenvalue weighted by atomic mass is 16.5. The van der Waals surface area contributed by atoms with Gasteiger partial charge in [-0.2, -0.15) is 0 Å². The standard InChI is InChI=1S/C28H32N2O4/c1-21(2)30(28(33)24-13-11-22(12-14-24)23-15-17-29-18-16-23)20-25-8-5-6-9-26(25)34-19-7-3-4-10-27(31)32/h5-6,8-9,11-18,21H,3-4,7,10,19-20H2,1-2H3,(H,31,32). The average Bonchev–Trinajstić information content (AvgIpc) is 2.85. The molecule has 0 saturated carbocycles. The van der Waals surface area contributed by atoms with Crippen molar-refractivity contribution in [1.82, 2.24) is 9.88 Å². The molecule has 6 heteroatoms. The number of hydrogen-bond acceptors (Lipinski definition) is 4. The van der Waals surface area contributed by atoms with Gasteiger partial charge >= 0.3 is 5.97 Å². The summed E-state index contributed by atoms with van der Waals surface area (Å²) in [6, 6.07) is 19.3. The van der Waals surface area contributed by atoms with Crippen LogP contribution >= 0.6 is 0 Å². The summed E-state index contributed by atoms with van der Waals surface area (Å²) < 4.78 is 5.98. The van der Waals surface area contributed by atoms with Crippen molar-refractivity contribution in [2.75, 3.05) is 6.61 Å². The molecular weight excluding hydrogens is 428 g/mol. The van der Waals surface area contributed by atoms with E-state index >= 15 is 0 Å². The fourth-order valence-electron chi connectivity index (χ4n) is 3.70. The Morgan fingerprint density at radius 2 is 1.59 bits per heavy atom. The fourth-order valence-corrected chi connectivity index (χ4v) is 3.70. The van der Waals surface area contributed by atoms with Crippen LogP contribution in [-0.4, -0.2) is 39.5 Å². The number of carboxylic acids is 1. The second-order valence-corrected chi connectivity index (χ2v) is 8.50. The molecule has 3 rings (SSSR count). The average molecular weight is 461 g/mol. The first-order valence-corrected chi connectivity index (χ1v) is 11.7. The maximum absolute atomic E-state index is 13.4. The Labute approximate surface area is 201 Å². The van der Waals surface area contributed by atoms with Gasteiger partial charge < -0.3 is 14.7 Å². The maximum atomic E-state index is 13.4. The molecule has 3 aromatic rings. The topological polar surface area (TPSA) is 79.7 Å². The van der Waals surface area contributed by atoms with Crippen LogP contribution in [0.15, 0.2) is 73.1 Å². The van der Waals surface area contributed by atoms with Gasteiger partial charge in [-0.3, -0.25) is 14.6 Å². The van der Waals surface area contributed by atoms with Crippen molar-refractivity contribution in [1.29, 1.82) is 0 Å². The molecule has 0 fully saturated rings. The van der Waals surface area contributed by atoms with Crippen molar-refractivity contribution in [3.8, 4) is 16.9 Å². The van der Waals surface area contributed by atoms with Crippen LogP contribution in [0.25, 0.3) is 11.1 Å². The second-order valence-electron chi connectivity index (χ2n) is 8.50. The summed E-state index contributed by atoms with van der Waals surface area (Å²) in [5.74, 6) is -0.0383.